The molecule has 0 saturated heterocycles. The second-order valence-electron chi connectivity index (χ2n) is 18.1. The summed E-state index contributed by atoms with van der Waals surface area (Å²) in [5, 5.41) is 0. The number of hydrogen-bond donors (Lipinski definition) is 0. The number of allylic oxidation sites excluding steroid dienone is 6. The first-order chi connectivity index (χ1) is 34.4. The third kappa shape index (κ3) is 13.9. The lowest BCUT2D eigenvalue weighted by molar-refractivity contribution is -0.276. The first-order valence-electron chi connectivity index (χ1n) is 24.4. The zero-order valence-corrected chi connectivity index (χ0v) is 40.4. The second kappa shape index (κ2) is 23.8. The number of fused-ring (bicyclic) bond motifs is 3. The maximum atomic E-state index is 14.3. The van der Waals surface area contributed by atoms with Crippen LogP contribution in [0.1, 0.15) is 113 Å². The second-order valence-corrected chi connectivity index (χ2v) is 18.1. The third-order valence-corrected chi connectivity index (χ3v) is 13.1. The first-order valence-corrected chi connectivity index (χ1v) is 24.4. The van der Waals surface area contributed by atoms with Gasteiger partial charge >= 0.3 is 12.7 Å². The van der Waals surface area contributed by atoms with E-state index in [0.717, 1.165) is 65.7 Å². The van der Waals surface area contributed by atoms with Crippen LogP contribution in [-0.2, 0) is 57.8 Å². The van der Waals surface area contributed by atoms with Crippen LogP contribution in [0, 0.1) is 23.3 Å². The Kier molecular flexibility index (Phi) is 17.6. The fourth-order valence-corrected chi connectivity index (χ4v) is 9.24. The van der Waals surface area contributed by atoms with Crippen molar-refractivity contribution < 1.29 is 53.4 Å². The molecule has 0 N–H and O–H groups in total. The summed E-state index contributed by atoms with van der Waals surface area (Å²) < 4.78 is 137. The Morgan fingerprint density at radius 3 is 1.15 bits per heavy atom. The van der Waals surface area contributed by atoms with Crippen LogP contribution in [-0.4, -0.2) is 12.7 Å². The number of rotatable bonds is 12. The molecule has 0 aromatic heterocycles. The van der Waals surface area contributed by atoms with E-state index < -0.39 is 47.5 Å². The minimum Gasteiger partial charge on any atom is -0.403 e. The van der Waals surface area contributed by atoms with Gasteiger partial charge in [0.2, 0.25) is 0 Å². The summed E-state index contributed by atoms with van der Waals surface area (Å²) in [5.41, 5.74) is 13.8. The number of alkyl halides is 6. The van der Waals surface area contributed by atoms with Crippen molar-refractivity contribution in [2.75, 3.05) is 0 Å². The SMILES string of the molecule is CCCCCc1ccc(C2=CCc3c(ccc(F)c3F)C2)cc1.CCCc1ccc(C2=CCc3c(ccc(OC(F)(F)F)c3F)C2)cc1.CCc1ccc(C2=CCc3c(ccc(OC(F)(F)F)c3F)C2)cc1. The summed E-state index contributed by atoms with van der Waals surface area (Å²) in [6.45, 7) is 6.42. The van der Waals surface area contributed by atoms with Gasteiger partial charge in [0, 0.05) is 0 Å². The average molecular weight is 999 g/mol. The van der Waals surface area contributed by atoms with Gasteiger partial charge in [0.05, 0.1) is 0 Å². The molecule has 0 saturated carbocycles. The first kappa shape index (κ1) is 53.2. The van der Waals surface area contributed by atoms with Gasteiger partial charge in [-0.15, -0.1) is 26.3 Å². The van der Waals surface area contributed by atoms with Crippen LogP contribution < -0.4 is 9.47 Å². The Hall–Kier alpha value is -6.56. The molecule has 3 aliphatic carbocycles. The molecule has 0 unspecified atom stereocenters. The van der Waals surface area contributed by atoms with Crippen molar-refractivity contribution in [3.05, 3.63) is 217 Å². The van der Waals surface area contributed by atoms with E-state index in [9.17, 15) is 43.9 Å². The molecule has 3 aliphatic rings. The molecule has 0 heterocycles. The van der Waals surface area contributed by atoms with E-state index in [2.05, 4.69) is 66.6 Å². The molecule has 378 valence electrons. The van der Waals surface area contributed by atoms with E-state index in [1.807, 2.05) is 54.6 Å². The van der Waals surface area contributed by atoms with Gasteiger partial charge < -0.3 is 9.47 Å². The fraction of sp³-hybridized carbons (Fsp3) is 0.300. The maximum Gasteiger partial charge on any atom is 0.573 e. The summed E-state index contributed by atoms with van der Waals surface area (Å²) in [4.78, 5) is 0. The average Bonchev–Trinajstić information content (AvgIpc) is 3.37. The van der Waals surface area contributed by atoms with E-state index in [-0.39, 0.29) is 24.0 Å². The fourth-order valence-electron chi connectivity index (χ4n) is 9.24. The highest BCUT2D eigenvalue weighted by Gasteiger charge is 2.34. The lowest BCUT2D eigenvalue weighted by Crippen LogP contribution is -2.19. The minimum absolute atomic E-state index is 0.251. The van der Waals surface area contributed by atoms with Gasteiger partial charge in [-0.05, 0) is 166 Å². The van der Waals surface area contributed by atoms with Gasteiger partial charge in [0.1, 0.15) is 0 Å². The topological polar surface area (TPSA) is 18.5 Å². The van der Waals surface area contributed by atoms with E-state index in [4.69, 9.17) is 0 Å². The normalized spacial score (nSPS) is 13.9. The van der Waals surface area contributed by atoms with Crippen LogP contribution in [0.5, 0.6) is 11.5 Å². The predicted molar refractivity (Wildman–Crippen MR) is 265 cm³/mol. The summed E-state index contributed by atoms with van der Waals surface area (Å²) in [7, 11) is 0. The molecule has 9 rings (SSSR count). The molecule has 6 aromatic carbocycles. The molecule has 72 heavy (non-hydrogen) atoms. The molecular weight excluding hydrogens is 943 g/mol. The predicted octanol–water partition coefficient (Wildman–Crippen LogP) is 17.2. The van der Waals surface area contributed by atoms with Crippen LogP contribution in [0.4, 0.5) is 43.9 Å². The van der Waals surface area contributed by atoms with Gasteiger partial charge in [0.25, 0.3) is 0 Å². The Morgan fingerprint density at radius 1 is 0.403 bits per heavy atom. The van der Waals surface area contributed by atoms with E-state index in [1.165, 1.54) is 65.3 Å². The van der Waals surface area contributed by atoms with Crippen molar-refractivity contribution in [3.8, 4) is 11.5 Å². The van der Waals surface area contributed by atoms with Crippen LogP contribution >= 0.6 is 0 Å². The minimum atomic E-state index is -4.90. The highest BCUT2D eigenvalue weighted by Crippen LogP contribution is 2.37. The molecule has 2 nitrogen and oxygen atoms in total. The molecule has 12 heteroatoms. The van der Waals surface area contributed by atoms with Gasteiger partial charge in [-0.1, -0.05) is 149 Å². The smallest absolute Gasteiger partial charge is 0.403 e. The van der Waals surface area contributed by atoms with Crippen molar-refractivity contribution >= 4 is 16.7 Å². The lowest BCUT2D eigenvalue weighted by Gasteiger charge is -2.20. The van der Waals surface area contributed by atoms with Gasteiger partial charge in [-0.3, -0.25) is 0 Å². The number of aryl methyl sites for hydroxylation is 3. The number of unbranched alkanes of at least 4 members (excludes halogenated alkanes) is 2. The standard InChI is InChI=1S/C21H22F2.C20H18F4O.C19H16F4O/c1-2-3-4-5-15-6-8-16(9-7-15)17-10-12-19-18(14-17)11-13-20(22)21(19)23;1-2-3-13-4-6-14(7-5-13)15-8-10-17-16(12-15)9-11-18(19(17)21)25-20(22,23)24;1-2-12-3-5-13(6-4-12)14-7-9-16-15(11-14)8-10-17(18(16)20)24-19(21,22)23/h6-11,13H,2-5,12,14H2,1H3;4-9,11H,2-3,10,12H2,1H3;3-8,10H,2,9,11H2,1H3. The zero-order chi connectivity index (χ0) is 51.6. The van der Waals surface area contributed by atoms with E-state index in [0.29, 0.717) is 42.4 Å². The quantitative estimate of drug-likeness (QED) is 0.0898. The van der Waals surface area contributed by atoms with Crippen molar-refractivity contribution in [2.24, 2.45) is 0 Å². The van der Waals surface area contributed by atoms with Gasteiger partial charge in [-0.2, -0.15) is 0 Å². The zero-order valence-electron chi connectivity index (χ0n) is 40.4. The number of hydrogen-bond acceptors (Lipinski definition) is 2. The van der Waals surface area contributed by atoms with E-state index in [1.54, 1.807) is 6.07 Å². The molecule has 0 fully saturated rings. The van der Waals surface area contributed by atoms with Crippen molar-refractivity contribution in [1.29, 1.82) is 0 Å². The Balaban J connectivity index is 0.000000159. The van der Waals surface area contributed by atoms with Crippen LogP contribution in [0.25, 0.3) is 16.7 Å². The van der Waals surface area contributed by atoms with Crippen LogP contribution in [0.3, 0.4) is 0 Å². The maximum absolute atomic E-state index is 14.3. The van der Waals surface area contributed by atoms with Crippen LogP contribution in [0.15, 0.2) is 127 Å². The highest BCUT2D eigenvalue weighted by atomic mass is 19.4. The van der Waals surface area contributed by atoms with Crippen molar-refractivity contribution in [3.63, 3.8) is 0 Å². The summed E-state index contributed by atoms with van der Waals surface area (Å²) in [5.74, 6) is -4.84. The van der Waals surface area contributed by atoms with Crippen molar-refractivity contribution in [1.82, 2.24) is 0 Å². The largest absolute Gasteiger partial charge is 0.573 e. The highest BCUT2D eigenvalue weighted by molar-refractivity contribution is 5.73. The van der Waals surface area contributed by atoms with Gasteiger partial charge in [0.15, 0.2) is 34.8 Å². The molecule has 0 aliphatic heterocycles. The number of halogens is 10. The Bertz CT molecular complexity index is 2910. The number of benzene rings is 6. The molecule has 0 spiro atoms. The van der Waals surface area contributed by atoms with Crippen molar-refractivity contribution in [2.45, 2.75) is 117 Å². The monoisotopic (exact) mass is 998 g/mol. The molecule has 0 atom stereocenters. The van der Waals surface area contributed by atoms with Crippen LogP contribution in [0.2, 0.25) is 0 Å². The summed E-state index contributed by atoms with van der Waals surface area (Å²) in [6.07, 6.45) is 6.51. The molecule has 0 radical (unpaired) electrons. The Labute approximate surface area is 414 Å². The summed E-state index contributed by atoms with van der Waals surface area (Å²) in [6, 6.07) is 33.1. The summed E-state index contributed by atoms with van der Waals surface area (Å²) >= 11 is 0. The molecule has 0 amide bonds. The third-order valence-electron chi connectivity index (χ3n) is 13.1. The molecular formula is C60H56F10O2. The van der Waals surface area contributed by atoms with E-state index >= 15 is 0 Å². The molecule has 6 aromatic rings. The number of ether oxygens (including phenoxy) is 2. The Morgan fingerprint density at radius 2 is 0.778 bits per heavy atom. The van der Waals surface area contributed by atoms with Gasteiger partial charge in [-0.25, -0.2) is 17.6 Å². The lowest BCUT2D eigenvalue weighted by atomic mass is 9.87. The molecule has 0 bridgehead atoms.